The highest BCUT2D eigenvalue weighted by Gasteiger charge is 2.30. The largest absolute Gasteiger partial charge is 0.316 e. The lowest BCUT2D eigenvalue weighted by molar-refractivity contribution is 0.552. The molecular weight excluding hydrogens is 256 g/mol. The molecule has 1 fully saturated rings. The number of sulfonamides is 1. The Morgan fingerprint density at radius 2 is 2.06 bits per heavy atom. The van der Waals surface area contributed by atoms with Crippen LogP contribution in [0.2, 0.25) is 0 Å². The molecule has 0 saturated heterocycles. The van der Waals surface area contributed by atoms with Crippen molar-refractivity contribution < 1.29 is 8.42 Å². The second-order valence-corrected chi connectivity index (χ2v) is 7.71. The SMILES string of the molecule is CCNCCS(=O)(=O)NC1CCCC1SCC. The molecule has 1 saturated carbocycles. The van der Waals surface area contributed by atoms with E-state index in [2.05, 4.69) is 17.0 Å². The number of nitrogens with one attached hydrogen (secondary N) is 2. The molecule has 0 aromatic heterocycles. The number of rotatable bonds is 8. The average molecular weight is 280 g/mol. The van der Waals surface area contributed by atoms with Crippen LogP contribution in [-0.2, 0) is 10.0 Å². The predicted octanol–water partition coefficient (Wildman–Crippen LogP) is 1.19. The van der Waals surface area contributed by atoms with E-state index in [0.717, 1.165) is 31.6 Å². The Labute approximate surface area is 109 Å². The topological polar surface area (TPSA) is 58.2 Å². The monoisotopic (exact) mass is 280 g/mol. The first-order valence-electron chi connectivity index (χ1n) is 6.41. The summed E-state index contributed by atoms with van der Waals surface area (Å²) in [7, 11) is -3.11. The van der Waals surface area contributed by atoms with Crippen molar-refractivity contribution in [1.29, 1.82) is 0 Å². The van der Waals surface area contributed by atoms with E-state index in [1.165, 1.54) is 0 Å². The van der Waals surface area contributed by atoms with Gasteiger partial charge in [-0.2, -0.15) is 11.8 Å². The molecule has 0 aliphatic heterocycles. The maximum Gasteiger partial charge on any atom is 0.213 e. The van der Waals surface area contributed by atoms with E-state index in [1.807, 2.05) is 18.7 Å². The summed E-state index contributed by atoms with van der Waals surface area (Å²) in [5.74, 6) is 1.24. The molecule has 2 atom stereocenters. The fourth-order valence-corrected chi connectivity index (χ4v) is 4.71. The molecule has 2 unspecified atom stereocenters. The molecular formula is C11H24N2O2S2. The van der Waals surface area contributed by atoms with Crippen LogP contribution in [0.25, 0.3) is 0 Å². The summed E-state index contributed by atoms with van der Waals surface area (Å²) < 4.78 is 26.6. The van der Waals surface area contributed by atoms with Gasteiger partial charge in [-0.05, 0) is 25.1 Å². The van der Waals surface area contributed by atoms with Gasteiger partial charge in [0.2, 0.25) is 10.0 Å². The van der Waals surface area contributed by atoms with Gasteiger partial charge in [-0.15, -0.1) is 0 Å². The normalized spacial score (nSPS) is 25.3. The minimum atomic E-state index is -3.11. The van der Waals surface area contributed by atoms with Gasteiger partial charge in [-0.3, -0.25) is 0 Å². The molecule has 0 heterocycles. The molecule has 0 bridgehead atoms. The molecule has 0 aromatic rings. The second kappa shape index (κ2) is 7.61. The smallest absolute Gasteiger partial charge is 0.213 e. The molecule has 0 amide bonds. The first kappa shape index (κ1) is 15.3. The molecule has 0 aromatic carbocycles. The summed E-state index contributed by atoms with van der Waals surface area (Å²) >= 11 is 1.87. The molecule has 2 N–H and O–H groups in total. The third-order valence-electron chi connectivity index (χ3n) is 2.96. The van der Waals surface area contributed by atoms with Crippen LogP contribution in [0.1, 0.15) is 33.1 Å². The van der Waals surface area contributed by atoms with E-state index in [9.17, 15) is 8.42 Å². The summed E-state index contributed by atoms with van der Waals surface area (Å²) in [6.45, 7) is 5.45. The minimum absolute atomic E-state index is 0.145. The van der Waals surface area contributed by atoms with Gasteiger partial charge in [0.15, 0.2) is 0 Å². The van der Waals surface area contributed by atoms with Crippen molar-refractivity contribution in [3.8, 4) is 0 Å². The third-order valence-corrected chi connectivity index (χ3v) is 5.69. The van der Waals surface area contributed by atoms with Crippen LogP contribution in [0.15, 0.2) is 0 Å². The van der Waals surface area contributed by atoms with Crippen molar-refractivity contribution in [3.63, 3.8) is 0 Å². The highest BCUT2D eigenvalue weighted by atomic mass is 32.2. The third kappa shape index (κ3) is 5.59. The maximum absolute atomic E-state index is 11.9. The van der Waals surface area contributed by atoms with Crippen LogP contribution in [0.3, 0.4) is 0 Å². The average Bonchev–Trinajstić information content (AvgIpc) is 2.66. The molecule has 0 radical (unpaired) electrons. The first-order chi connectivity index (χ1) is 8.09. The van der Waals surface area contributed by atoms with Crippen LogP contribution >= 0.6 is 11.8 Å². The van der Waals surface area contributed by atoms with Gasteiger partial charge in [0.05, 0.1) is 5.75 Å². The van der Waals surface area contributed by atoms with Gasteiger partial charge in [-0.1, -0.05) is 20.3 Å². The summed E-state index contributed by atoms with van der Waals surface area (Å²) in [5, 5.41) is 3.51. The summed E-state index contributed by atoms with van der Waals surface area (Å²) in [6, 6.07) is 0.145. The van der Waals surface area contributed by atoms with Gasteiger partial charge >= 0.3 is 0 Å². The summed E-state index contributed by atoms with van der Waals surface area (Å²) in [5.41, 5.74) is 0. The highest BCUT2D eigenvalue weighted by molar-refractivity contribution is 8.00. The van der Waals surface area contributed by atoms with Crippen LogP contribution in [0, 0.1) is 0 Å². The van der Waals surface area contributed by atoms with E-state index in [0.29, 0.717) is 11.8 Å². The molecule has 6 heteroatoms. The number of hydrogen-bond acceptors (Lipinski definition) is 4. The van der Waals surface area contributed by atoms with Crippen molar-refractivity contribution in [3.05, 3.63) is 0 Å². The van der Waals surface area contributed by atoms with E-state index in [1.54, 1.807) is 0 Å². The van der Waals surface area contributed by atoms with Crippen LogP contribution < -0.4 is 10.0 Å². The van der Waals surface area contributed by atoms with E-state index in [-0.39, 0.29) is 11.8 Å². The van der Waals surface area contributed by atoms with Gasteiger partial charge in [-0.25, -0.2) is 13.1 Å². The lowest BCUT2D eigenvalue weighted by Crippen LogP contribution is -2.41. The predicted molar refractivity (Wildman–Crippen MR) is 75.0 cm³/mol. The second-order valence-electron chi connectivity index (χ2n) is 4.32. The molecule has 1 aliphatic carbocycles. The van der Waals surface area contributed by atoms with Crippen LogP contribution in [-0.4, -0.2) is 44.3 Å². The Bertz CT molecular complexity index is 307. The number of thioether (sulfide) groups is 1. The van der Waals surface area contributed by atoms with Gasteiger partial charge in [0, 0.05) is 17.8 Å². The zero-order valence-electron chi connectivity index (χ0n) is 10.7. The van der Waals surface area contributed by atoms with Crippen molar-refractivity contribution in [2.24, 2.45) is 0 Å². The lowest BCUT2D eigenvalue weighted by Gasteiger charge is -2.20. The van der Waals surface area contributed by atoms with Crippen LogP contribution in [0.5, 0.6) is 0 Å². The zero-order chi connectivity index (χ0) is 12.7. The molecule has 1 aliphatic rings. The van der Waals surface area contributed by atoms with Crippen LogP contribution in [0.4, 0.5) is 0 Å². The molecule has 17 heavy (non-hydrogen) atoms. The lowest BCUT2D eigenvalue weighted by atomic mass is 10.3. The molecule has 102 valence electrons. The Hall–Kier alpha value is 0.220. The van der Waals surface area contributed by atoms with E-state index in [4.69, 9.17) is 0 Å². The standard InChI is InChI=1S/C11H24N2O2S2/c1-3-12-8-9-17(14,15)13-10-6-5-7-11(10)16-4-2/h10-13H,3-9H2,1-2H3. The Morgan fingerprint density at radius 1 is 1.29 bits per heavy atom. The van der Waals surface area contributed by atoms with Gasteiger partial charge in [0.25, 0.3) is 0 Å². The Morgan fingerprint density at radius 3 is 2.71 bits per heavy atom. The van der Waals surface area contributed by atoms with Crippen molar-refractivity contribution >= 4 is 21.8 Å². The fourth-order valence-electron chi connectivity index (χ4n) is 2.15. The fraction of sp³-hybridized carbons (Fsp3) is 1.00. The Balaban J connectivity index is 2.40. The van der Waals surface area contributed by atoms with Gasteiger partial charge in [0.1, 0.15) is 0 Å². The molecule has 1 rings (SSSR count). The van der Waals surface area contributed by atoms with Crippen molar-refractivity contribution in [2.75, 3.05) is 24.6 Å². The zero-order valence-corrected chi connectivity index (χ0v) is 12.4. The first-order valence-corrected chi connectivity index (χ1v) is 9.11. The summed E-state index contributed by atoms with van der Waals surface area (Å²) in [4.78, 5) is 0. The maximum atomic E-state index is 11.9. The minimum Gasteiger partial charge on any atom is -0.316 e. The van der Waals surface area contributed by atoms with E-state index < -0.39 is 10.0 Å². The molecule has 0 spiro atoms. The number of hydrogen-bond donors (Lipinski definition) is 2. The highest BCUT2D eigenvalue weighted by Crippen LogP contribution is 2.30. The van der Waals surface area contributed by atoms with Crippen molar-refractivity contribution in [2.45, 2.75) is 44.4 Å². The Kier molecular flexibility index (Phi) is 6.84. The summed E-state index contributed by atoms with van der Waals surface area (Å²) in [6.07, 6.45) is 3.26. The quantitative estimate of drug-likeness (QED) is 0.656. The van der Waals surface area contributed by atoms with E-state index >= 15 is 0 Å². The van der Waals surface area contributed by atoms with Gasteiger partial charge < -0.3 is 5.32 Å². The molecule has 4 nitrogen and oxygen atoms in total. The van der Waals surface area contributed by atoms with Crippen molar-refractivity contribution in [1.82, 2.24) is 10.0 Å².